The molecular weight excluding hydrogens is 145 g/mol. The molecule has 0 saturated carbocycles. The summed E-state index contributed by atoms with van der Waals surface area (Å²) >= 11 is 0. The molecule has 0 radical (unpaired) electrons. The lowest BCUT2D eigenvalue weighted by Crippen LogP contribution is -2.21. The van der Waals surface area contributed by atoms with Crippen LogP contribution in [0.1, 0.15) is 19.8 Å². The minimum Gasteiger partial charge on any atom is -0.318 e. The highest BCUT2D eigenvalue weighted by Crippen LogP contribution is 2.20. The van der Waals surface area contributed by atoms with Crippen molar-refractivity contribution in [3.8, 4) is 0 Å². The van der Waals surface area contributed by atoms with Crippen molar-refractivity contribution in [2.75, 3.05) is 13.3 Å². The van der Waals surface area contributed by atoms with E-state index in [0.29, 0.717) is 6.42 Å². The molecule has 0 aromatic rings. The number of hydrogen-bond donors (Lipinski definition) is 0. The Morgan fingerprint density at radius 2 is 2.00 bits per heavy atom. The highest BCUT2D eigenvalue weighted by Gasteiger charge is 2.27. The van der Waals surface area contributed by atoms with Crippen molar-refractivity contribution in [3.63, 3.8) is 0 Å². The van der Waals surface area contributed by atoms with Gasteiger partial charge in [0.2, 0.25) is 0 Å². The Hall–Kier alpha value is -0.250. The molecule has 0 unspecified atom stereocenters. The van der Waals surface area contributed by atoms with E-state index in [4.69, 9.17) is 0 Å². The quantitative estimate of drug-likeness (QED) is 0.593. The van der Waals surface area contributed by atoms with E-state index >= 15 is 0 Å². The van der Waals surface area contributed by atoms with Crippen LogP contribution < -0.4 is 0 Å². The lowest BCUT2D eigenvalue weighted by atomic mass is 10.3. The largest absolute Gasteiger partial charge is 0.355 e. The van der Waals surface area contributed by atoms with Crippen molar-refractivity contribution in [2.24, 2.45) is 0 Å². The third-order valence-corrected chi connectivity index (χ3v) is 0.931. The Balaban J connectivity index is 3.42. The summed E-state index contributed by atoms with van der Waals surface area (Å²) in [4.78, 5) is 0. The molecule has 0 amide bonds. The second-order valence-corrected chi connectivity index (χ2v) is 1.92. The standard InChI is InChI=1S/C6H11F3O/c1-2-3-6(8,9)10-5-4-7/h2-5H2,1H3. The molecule has 0 atom stereocenters. The Kier molecular flexibility index (Phi) is 4.43. The second-order valence-electron chi connectivity index (χ2n) is 1.92. The fourth-order valence-corrected chi connectivity index (χ4v) is 0.551. The molecule has 0 heterocycles. The molecular formula is C6H11F3O. The van der Waals surface area contributed by atoms with Crippen molar-refractivity contribution in [1.29, 1.82) is 0 Å². The number of halogens is 3. The van der Waals surface area contributed by atoms with Gasteiger partial charge in [-0.1, -0.05) is 6.92 Å². The maximum atomic E-state index is 12.2. The lowest BCUT2D eigenvalue weighted by molar-refractivity contribution is -0.243. The van der Waals surface area contributed by atoms with Crippen LogP contribution in [0.25, 0.3) is 0 Å². The van der Waals surface area contributed by atoms with Gasteiger partial charge in [-0.15, -0.1) is 0 Å². The van der Waals surface area contributed by atoms with Gasteiger partial charge in [-0.25, -0.2) is 4.39 Å². The number of alkyl halides is 3. The molecule has 0 spiro atoms. The van der Waals surface area contributed by atoms with E-state index in [-0.39, 0.29) is 6.42 Å². The van der Waals surface area contributed by atoms with Gasteiger partial charge in [-0.05, 0) is 6.42 Å². The van der Waals surface area contributed by atoms with Crippen LogP contribution in [-0.2, 0) is 4.74 Å². The molecule has 0 fully saturated rings. The first-order valence-electron chi connectivity index (χ1n) is 3.20. The Morgan fingerprint density at radius 3 is 2.40 bits per heavy atom. The SMILES string of the molecule is CCCC(F)(F)OCCF. The van der Waals surface area contributed by atoms with Gasteiger partial charge >= 0.3 is 6.11 Å². The van der Waals surface area contributed by atoms with Crippen LogP contribution in [0.15, 0.2) is 0 Å². The molecule has 0 rings (SSSR count). The monoisotopic (exact) mass is 156 g/mol. The summed E-state index contributed by atoms with van der Waals surface area (Å²) in [7, 11) is 0. The van der Waals surface area contributed by atoms with Crippen molar-refractivity contribution in [2.45, 2.75) is 25.9 Å². The van der Waals surface area contributed by atoms with Gasteiger partial charge in [0.15, 0.2) is 0 Å². The van der Waals surface area contributed by atoms with Gasteiger partial charge in [0.05, 0.1) is 6.61 Å². The molecule has 0 aliphatic carbocycles. The average Bonchev–Trinajstić information content (AvgIpc) is 1.84. The molecule has 0 aliphatic heterocycles. The van der Waals surface area contributed by atoms with E-state index < -0.39 is 19.4 Å². The fourth-order valence-electron chi connectivity index (χ4n) is 0.551. The van der Waals surface area contributed by atoms with Gasteiger partial charge in [0.1, 0.15) is 6.67 Å². The summed E-state index contributed by atoms with van der Waals surface area (Å²) in [6, 6.07) is 0. The first-order valence-corrected chi connectivity index (χ1v) is 3.20. The first-order chi connectivity index (χ1) is 4.62. The molecule has 0 bridgehead atoms. The summed E-state index contributed by atoms with van der Waals surface area (Å²) in [6.07, 6.45) is -3.15. The highest BCUT2D eigenvalue weighted by atomic mass is 19.3. The second kappa shape index (κ2) is 4.55. The Bertz CT molecular complexity index is 85.1. The number of hydrogen-bond acceptors (Lipinski definition) is 1. The summed E-state index contributed by atoms with van der Waals surface area (Å²) in [5.41, 5.74) is 0. The maximum absolute atomic E-state index is 12.2. The van der Waals surface area contributed by atoms with E-state index in [2.05, 4.69) is 4.74 Å². The topological polar surface area (TPSA) is 9.23 Å². The predicted molar refractivity (Wildman–Crippen MR) is 31.8 cm³/mol. The molecule has 0 saturated heterocycles. The molecule has 62 valence electrons. The third kappa shape index (κ3) is 4.61. The zero-order valence-corrected chi connectivity index (χ0v) is 5.87. The third-order valence-electron chi connectivity index (χ3n) is 0.931. The lowest BCUT2D eigenvalue weighted by Gasteiger charge is -2.14. The van der Waals surface area contributed by atoms with Crippen LogP contribution in [0.5, 0.6) is 0 Å². The smallest absolute Gasteiger partial charge is 0.318 e. The van der Waals surface area contributed by atoms with Crippen molar-refractivity contribution >= 4 is 0 Å². The van der Waals surface area contributed by atoms with E-state index in [0.717, 1.165) is 0 Å². The molecule has 0 N–H and O–H groups in total. The van der Waals surface area contributed by atoms with E-state index in [9.17, 15) is 13.2 Å². The van der Waals surface area contributed by atoms with Crippen LogP contribution in [-0.4, -0.2) is 19.4 Å². The first kappa shape index (κ1) is 9.75. The zero-order valence-electron chi connectivity index (χ0n) is 5.87. The van der Waals surface area contributed by atoms with E-state index in [1.807, 2.05) is 0 Å². The van der Waals surface area contributed by atoms with Gasteiger partial charge in [0.25, 0.3) is 0 Å². The van der Waals surface area contributed by atoms with Crippen LogP contribution in [0.3, 0.4) is 0 Å². The summed E-state index contributed by atoms with van der Waals surface area (Å²) in [6.45, 7) is 0.235. The predicted octanol–water partition coefficient (Wildman–Crippen LogP) is 2.37. The van der Waals surface area contributed by atoms with Crippen LogP contribution in [0.4, 0.5) is 13.2 Å². The average molecular weight is 156 g/mol. The minimum absolute atomic E-state index is 0.333. The molecule has 4 heteroatoms. The normalized spacial score (nSPS) is 12.0. The molecule has 0 aliphatic rings. The summed E-state index contributed by atoms with van der Waals surface area (Å²) < 4.78 is 39.7. The van der Waals surface area contributed by atoms with Gasteiger partial charge in [-0.2, -0.15) is 8.78 Å². The molecule has 0 aromatic heterocycles. The van der Waals surface area contributed by atoms with Gasteiger partial charge in [-0.3, -0.25) is 0 Å². The molecule has 10 heavy (non-hydrogen) atoms. The maximum Gasteiger partial charge on any atom is 0.355 e. The van der Waals surface area contributed by atoms with Crippen LogP contribution in [0.2, 0.25) is 0 Å². The molecule has 1 nitrogen and oxygen atoms in total. The van der Waals surface area contributed by atoms with Gasteiger partial charge in [0, 0.05) is 6.42 Å². The van der Waals surface area contributed by atoms with E-state index in [1.54, 1.807) is 6.92 Å². The Labute approximate surface area is 58.2 Å². The number of ether oxygens (including phenoxy) is 1. The summed E-state index contributed by atoms with van der Waals surface area (Å²) in [5.74, 6) is 0. The highest BCUT2D eigenvalue weighted by molar-refractivity contribution is 4.50. The fraction of sp³-hybridized carbons (Fsp3) is 1.00. The summed E-state index contributed by atoms with van der Waals surface area (Å²) in [5, 5.41) is 0. The van der Waals surface area contributed by atoms with Crippen molar-refractivity contribution < 1.29 is 17.9 Å². The van der Waals surface area contributed by atoms with Crippen LogP contribution >= 0.6 is 0 Å². The zero-order chi connectivity index (χ0) is 8.04. The molecule has 0 aromatic carbocycles. The van der Waals surface area contributed by atoms with Crippen molar-refractivity contribution in [1.82, 2.24) is 0 Å². The Morgan fingerprint density at radius 1 is 1.40 bits per heavy atom. The van der Waals surface area contributed by atoms with Gasteiger partial charge < -0.3 is 4.74 Å². The number of rotatable bonds is 5. The van der Waals surface area contributed by atoms with Crippen LogP contribution in [0, 0.1) is 0 Å². The van der Waals surface area contributed by atoms with Crippen molar-refractivity contribution in [3.05, 3.63) is 0 Å². The minimum atomic E-state index is -3.14. The van der Waals surface area contributed by atoms with E-state index in [1.165, 1.54) is 0 Å².